The van der Waals surface area contributed by atoms with Gasteiger partial charge < -0.3 is 4.57 Å². The number of imidazole rings is 1. The molecule has 0 saturated carbocycles. The molecule has 0 aliphatic heterocycles. The molecule has 3 aromatic heterocycles. The maximum Gasteiger partial charge on any atom is 0.160 e. The van der Waals surface area contributed by atoms with E-state index in [2.05, 4.69) is 26.4 Å². The minimum atomic E-state index is 0.845. The highest BCUT2D eigenvalue weighted by Crippen LogP contribution is 2.22. The van der Waals surface area contributed by atoms with Gasteiger partial charge in [-0.15, -0.1) is 0 Å². The van der Waals surface area contributed by atoms with Gasteiger partial charge in [0.1, 0.15) is 11.3 Å². The van der Waals surface area contributed by atoms with Crippen LogP contribution in [-0.2, 0) is 6.54 Å². The van der Waals surface area contributed by atoms with Crippen LogP contribution in [0.3, 0.4) is 0 Å². The van der Waals surface area contributed by atoms with Crippen molar-refractivity contribution in [2.75, 3.05) is 0 Å². The van der Waals surface area contributed by atoms with Crippen LogP contribution < -0.4 is 0 Å². The molecule has 0 fully saturated rings. The molecular formula is C13H12N4. The van der Waals surface area contributed by atoms with Crippen molar-refractivity contribution in [1.82, 2.24) is 19.5 Å². The van der Waals surface area contributed by atoms with Gasteiger partial charge in [0.25, 0.3) is 0 Å². The summed E-state index contributed by atoms with van der Waals surface area (Å²) in [5.74, 6) is 0.925. The Morgan fingerprint density at radius 2 is 2.06 bits per heavy atom. The van der Waals surface area contributed by atoms with Gasteiger partial charge in [0.05, 0.1) is 0 Å². The van der Waals surface area contributed by atoms with E-state index in [1.165, 1.54) is 0 Å². The highest BCUT2D eigenvalue weighted by molar-refractivity contribution is 5.76. The van der Waals surface area contributed by atoms with Crippen molar-refractivity contribution in [2.24, 2.45) is 0 Å². The third-order valence-corrected chi connectivity index (χ3v) is 2.74. The molecule has 4 nitrogen and oxygen atoms in total. The van der Waals surface area contributed by atoms with Gasteiger partial charge in [0.15, 0.2) is 5.65 Å². The summed E-state index contributed by atoms with van der Waals surface area (Å²) < 4.78 is 2.10. The van der Waals surface area contributed by atoms with Gasteiger partial charge in [0.2, 0.25) is 0 Å². The van der Waals surface area contributed by atoms with Crippen LogP contribution in [0, 0.1) is 0 Å². The first-order chi connectivity index (χ1) is 8.40. The summed E-state index contributed by atoms with van der Waals surface area (Å²) in [5.41, 5.74) is 2.87. The summed E-state index contributed by atoms with van der Waals surface area (Å²) in [5, 5.41) is 0. The molecule has 84 valence electrons. The Balaban J connectivity index is 2.30. The molecule has 0 aromatic carbocycles. The first-order valence-electron chi connectivity index (χ1n) is 5.62. The molecule has 3 heterocycles. The van der Waals surface area contributed by atoms with Gasteiger partial charge in [-0.2, -0.15) is 0 Å². The molecule has 0 amide bonds. The number of hydrogen-bond donors (Lipinski definition) is 0. The molecule has 3 rings (SSSR count). The van der Waals surface area contributed by atoms with Crippen LogP contribution in [-0.4, -0.2) is 19.5 Å². The van der Waals surface area contributed by atoms with Crippen molar-refractivity contribution < 1.29 is 0 Å². The summed E-state index contributed by atoms with van der Waals surface area (Å²) in [6, 6.07) is 7.82. The van der Waals surface area contributed by atoms with E-state index in [0.717, 1.165) is 29.1 Å². The summed E-state index contributed by atoms with van der Waals surface area (Å²) in [6.45, 7) is 2.94. The largest absolute Gasteiger partial charge is 0.309 e. The van der Waals surface area contributed by atoms with E-state index in [9.17, 15) is 0 Å². The number of nitrogens with zero attached hydrogens (tertiary/aromatic N) is 4. The Morgan fingerprint density at radius 1 is 1.18 bits per heavy atom. The molecule has 0 N–H and O–H groups in total. The second kappa shape index (κ2) is 3.97. The minimum absolute atomic E-state index is 0.845. The van der Waals surface area contributed by atoms with Crippen LogP contribution in [0.5, 0.6) is 0 Å². The maximum atomic E-state index is 4.61. The van der Waals surface area contributed by atoms with E-state index in [0.29, 0.717) is 0 Å². The fraction of sp³-hybridized carbons (Fsp3) is 0.154. The molecular weight excluding hydrogens is 212 g/mol. The fourth-order valence-corrected chi connectivity index (χ4v) is 1.97. The smallest absolute Gasteiger partial charge is 0.160 e. The molecule has 3 aromatic rings. The summed E-state index contributed by atoms with van der Waals surface area (Å²) in [4.78, 5) is 13.1. The predicted molar refractivity (Wildman–Crippen MR) is 66.4 cm³/mol. The van der Waals surface area contributed by atoms with Crippen LogP contribution in [0.25, 0.3) is 22.6 Å². The standard InChI is InChI=1S/C13H12N4/c1-2-17-12(10-5-3-7-14-9-10)16-11-6-4-8-15-13(11)17/h3-9H,2H2,1H3. The Kier molecular flexibility index (Phi) is 2.33. The van der Waals surface area contributed by atoms with Crippen LogP contribution in [0.15, 0.2) is 42.9 Å². The zero-order chi connectivity index (χ0) is 11.7. The topological polar surface area (TPSA) is 43.6 Å². The normalized spacial score (nSPS) is 10.9. The molecule has 0 saturated heterocycles. The highest BCUT2D eigenvalue weighted by atomic mass is 15.1. The van der Waals surface area contributed by atoms with E-state index in [4.69, 9.17) is 0 Å². The van der Waals surface area contributed by atoms with Crippen LogP contribution in [0.1, 0.15) is 6.92 Å². The Bertz CT molecular complexity index is 643. The van der Waals surface area contributed by atoms with Crippen molar-refractivity contribution in [3.63, 3.8) is 0 Å². The highest BCUT2D eigenvalue weighted by Gasteiger charge is 2.11. The van der Waals surface area contributed by atoms with Gasteiger partial charge in [-0.1, -0.05) is 0 Å². The van der Waals surface area contributed by atoms with E-state index in [1.54, 1.807) is 12.4 Å². The zero-order valence-electron chi connectivity index (χ0n) is 9.54. The monoisotopic (exact) mass is 224 g/mol. The number of aromatic nitrogens is 4. The average molecular weight is 224 g/mol. The van der Waals surface area contributed by atoms with Crippen LogP contribution in [0.2, 0.25) is 0 Å². The second-order valence-electron chi connectivity index (χ2n) is 3.77. The van der Waals surface area contributed by atoms with E-state index in [-0.39, 0.29) is 0 Å². The van der Waals surface area contributed by atoms with Crippen molar-refractivity contribution in [3.05, 3.63) is 42.9 Å². The molecule has 4 heteroatoms. The lowest BCUT2D eigenvalue weighted by atomic mass is 10.3. The number of rotatable bonds is 2. The predicted octanol–water partition coefficient (Wildman–Crippen LogP) is 2.51. The molecule has 0 aliphatic rings. The van der Waals surface area contributed by atoms with Gasteiger partial charge in [-0.3, -0.25) is 4.98 Å². The quantitative estimate of drug-likeness (QED) is 0.671. The van der Waals surface area contributed by atoms with E-state index < -0.39 is 0 Å². The van der Waals surface area contributed by atoms with Gasteiger partial charge in [0, 0.05) is 30.7 Å². The number of hydrogen-bond acceptors (Lipinski definition) is 3. The van der Waals surface area contributed by atoms with Gasteiger partial charge in [-0.05, 0) is 31.2 Å². The Morgan fingerprint density at radius 3 is 2.82 bits per heavy atom. The van der Waals surface area contributed by atoms with Gasteiger partial charge in [-0.25, -0.2) is 9.97 Å². The number of aryl methyl sites for hydroxylation is 1. The van der Waals surface area contributed by atoms with E-state index in [1.807, 2.05) is 30.5 Å². The molecule has 0 radical (unpaired) electrons. The summed E-state index contributed by atoms with van der Waals surface area (Å²) >= 11 is 0. The first-order valence-corrected chi connectivity index (χ1v) is 5.62. The third kappa shape index (κ3) is 1.58. The first kappa shape index (κ1) is 9.96. The summed E-state index contributed by atoms with van der Waals surface area (Å²) in [6.07, 6.45) is 5.39. The lowest BCUT2D eigenvalue weighted by Gasteiger charge is -2.04. The van der Waals surface area contributed by atoms with Crippen molar-refractivity contribution in [3.8, 4) is 11.4 Å². The number of pyridine rings is 2. The molecule has 0 atom stereocenters. The zero-order valence-corrected chi connectivity index (χ0v) is 9.54. The molecule has 0 aliphatic carbocycles. The van der Waals surface area contributed by atoms with Crippen molar-refractivity contribution in [1.29, 1.82) is 0 Å². The van der Waals surface area contributed by atoms with E-state index >= 15 is 0 Å². The Hall–Kier alpha value is -2.23. The van der Waals surface area contributed by atoms with Gasteiger partial charge >= 0.3 is 0 Å². The second-order valence-corrected chi connectivity index (χ2v) is 3.77. The molecule has 0 bridgehead atoms. The number of fused-ring (bicyclic) bond motifs is 1. The van der Waals surface area contributed by atoms with Crippen LogP contribution >= 0.6 is 0 Å². The summed E-state index contributed by atoms with van der Waals surface area (Å²) in [7, 11) is 0. The van der Waals surface area contributed by atoms with Crippen molar-refractivity contribution in [2.45, 2.75) is 13.5 Å². The van der Waals surface area contributed by atoms with Crippen molar-refractivity contribution >= 4 is 11.2 Å². The lowest BCUT2D eigenvalue weighted by molar-refractivity contribution is 0.787. The fourth-order valence-electron chi connectivity index (χ4n) is 1.97. The third-order valence-electron chi connectivity index (χ3n) is 2.74. The molecule has 0 spiro atoms. The average Bonchev–Trinajstić information content (AvgIpc) is 2.78. The van der Waals surface area contributed by atoms with Crippen LogP contribution in [0.4, 0.5) is 0 Å². The maximum absolute atomic E-state index is 4.61. The molecule has 0 unspecified atom stereocenters. The Labute approximate surface area is 99.0 Å². The minimum Gasteiger partial charge on any atom is -0.309 e. The molecule has 17 heavy (non-hydrogen) atoms. The SMILES string of the molecule is CCn1c(-c2cccnc2)nc2cccnc21. The lowest BCUT2D eigenvalue weighted by Crippen LogP contribution is -1.98.